The topological polar surface area (TPSA) is 52.9 Å². The van der Waals surface area contributed by atoms with Crippen molar-refractivity contribution in [1.82, 2.24) is 0 Å². The lowest BCUT2D eigenvalue weighted by molar-refractivity contribution is -0.115. The largest absolute Gasteiger partial charge is 0.325 e. The summed E-state index contributed by atoms with van der Waals surface area (Å²) in [5.74, 6) is -0.0490. The van der Waals surface area contributed by atoms with E-state index in [0.29, 0.717) is 12.0 Å². The first kappa shape index (κ1) is 13.8. The highest BCUT2D eigenvalue weighted by atomic mass is 16.1. The maximum atomic E-state index is 12.1. The summed E-state index contributed by atoms with van der Waals surface area (Å²) < 4.78 is 0. The average Bonchev–Trinajstić information content (AvgIpc) is 2.44. The highest BCUT2D eigenvalue weighted by Gasteiger charge is 2.08. The van der Waals surface area contributed by atoms with Crippen molar-refractivity contribution >= 4 is 11.6 Å². The first-order valence-electron chi connectivity index (χ1n) is 6.45. The molecule has 20 heavy (non-hydrogen) atoms. The summed E-state index contributed by atoms with van der Waals surface area (Å²) in [6, 6.07) is 15.1. The maximum absolute atomic E-state index is 12.1. The van der Waals surface area contributed by atoms with Gasteiger partial charge in [-0.2, -0.15) is 5.26 Å². The van der Waals surface area contributed by atoms with Gasteiger partial charge in [0.2, 0.25) is 5.91 Å². The fourth-order valence-corrected chi connectivity index (χ4v) is 2.08. The second-order valence-corrected chi connectivity index (χ2v) is 4.80. The number of nitrogens with one attached hydrogen (secondary N) is 1. The summed E-state index contributed by atoms with van der Waals surface area (Å²) >= 11 is 0. The lowest BCUT2D eigenvalue weighted by Gasteiger charge is -2.11. The molecule has 0 aromatic heterocycles. The molecule has 1 amide bonds. The molecule has 0 fully saturated rings. The summed E-state index contributed by atoms with van der Waals surface area (Å²) in [5.41, 5.74) is 4.49. The highest BCUT2D eigenvalue weighted by molar-refractivity contribution is 5.93. The molecule has 1 N–H and O–H groups in total. The van der Waals surface area contributed by atoms with Gasteiger partial charge in [-0.15, -0.1) is 0 Å². The molecule has 0 spiro atoms. The van der Waals surface area contributed by atoms with Crippen LogP contribution in [0.3, 0.4) is 0 Å². The number of hydrogen-bond donors (Lipinski definition) is 1. The normalized spacial score (nSPS) is 9.85. The first-order chi connectivity index (χ1) is 9.60. The van der Waals surface area contributed by atoms with Crippen LogP contribution >= 0.6 is 0 Å². The van der Waals surface area contributed by atoms with E-state index in [4.69, 9.17) is 5.26 Å². The minimum Gasteiger partial charge on any atom is -0.325 e. The highest BCUT2D eigenvalue weighted by Crippen LogP contribution is 2.19. The summed E-state index contributed by atoms with van der Waals surface area (Å²) in [4.78, 5) is 12.1. The Bertz CT molecular complexity index is 646. The van der Waals surface area contributed by atoms with Crippen molar-refractivity contribution in [1.29, 1.82) is 5.26 Å². The zero-order chi connectivity index (χ0) is 14.5. The van der Waals surface area contributed by atoms with Gasteiger partial charge in [-0.25, -0.2) is 0 Å². The Morgan fingerprint density at radius 2 is 1.70 bits per heavy atom. The van der Waals surface area contributed by atoms with Crippen LogP contribution in [0.25, 0.3) is 0 Å². The monoisotopic (exact) mass is 264 g/mol. The number of hydrogen-bond acceptors (Lipinski definition) is 2. The second kappa shape index (κ2) is 6.03. The molecule has 2 rings (SSSR count). The number of nitriles is 1. The number of nitrogens with zero attached hydrogens (tertiary/aromatic N) is 1. The van der Waals surface area contributed by atoms with Gasteiger partial charge in [0.25, 0.3) is 0 Å². The molecule has 3 heteroatoms. The predicted molar refractivity (Wildman–Crippen MR) is 79.4 cm³/mol. The van der Waals surface area contributed by atoms with Crippen LogP contribution in [0, 0.1) is 25.2 Å². The molecular formula is C17H16N2O. The number of carbonyl (C=O) groups excluding carboxylic acids is 1. The number of rotatable bonds is 3. The van der Waals surface area contributed by atoms with E-state index in [0.717, 1.165) is 22.4 Å². The molecule has 3 nitrogen and oxygen atoms in total. The van der Waals surface area contributed by atoms with Gasteiger partial charge < -0.3 is 5.32 Å². The molecule has 2 aromatic rings. The zero-order valence-electron chi connectivity index (χ0n) is 11.6. The molecule has 0 unspecified atom stereocenters. The molecule has 2 aromatic carbocycles. The predicted octanol–water partition coefficient (Wildman–Crippen LogP) is 3.36. The summed E-state index contributed by atoms with van der Waals surface area (Å²) in [6.45, 7) is 3.95. The van der Waals surface area contributed by atoms with Gasteiger partial charge in [-0.1, -0.05) is 30.3 Å². The van der Waals surface area contributed by atoms with E-state index >= 15 is 0 Å². The average molecular weight is 264 g/mol. The molecule has 0 heterocycles. The maximum Gasteiger partial charge on any atom is 0.228 e. The van der Waals surface area contributed by atoms with E-state index in [1.807, 2.05) is 44.2 Å². The Kier molecular flexibility index (Phi) is 4.17. The number of amides is 1. The van der Waals surface area contributed by atoms with Crippen LogP contribution < -0.4 is 5.32 Å². The van der Waals surface area contributed by atoms with Crippen LogP contribution in [0.4, 0.5) is 5.69 Å². The van der Waals surface area contributed by atoms with Crippen LogP contribution in [-0.4, -0.2) is 5.91 Å². The smallest absolute Gasteiger partial charge is 0.228 e. The van der Waals surface area contributed by atoms with Crippen LogP contribution in [-0.2, 0) is 11.2 Å². The molecule has 0 atom stereocenters. The Morgan fingerprint density at radius 1 is 1.10 bits per heavy atom. The first-order valence-corrected chi connectivity index (χ1v) is 6.45. The third-order valence-corrected chi connectivity index (χ3v) is 3.19. The van der Waals surface area contributed by atoms with E-state index in [1.165, 1.54) is 0 Å². The van der Waals surface area contributed by atoms with Crippen molar-refractivity contribution in [2.45, 2.75) is 20.3 Å². The van der Waals surface area contributed by atoms with Crippen LogP contribution in [0.15, 0.2) is 42.5 Å². The molecule has 0 aliphatic rings. The van der Waals surface area contributed by atoms with Gasteiger partial charge >= 0.3 is 0 Å². The SMILES string of the molecule is Cc1cccc(C)c1NC(=O)Cc1ccc(C#N)cc1. The van der Waals surface area contributed by atoms with Crippen molar-refractivity contribution in [3.8, 4) is 6.07 Å². The fourth-order valence-electron chi connectivity index (χ4n) is 2.08. The van der Waals surface area contributed by atoms with Crippen LogP contribution in [0.1, 0.15) is 22.3 Å². The Morgan fingerprint density at radius 3 is 2.25 bits per heavy atom. The van der Waals surface area contributed by atoms with Gasteiger partial charge in [0, 0.05) is 5.69 Å². The van der Waals surface area contributed by atoms with Gasteiger partial charge in [0.15, 0.2) is 0 Å². The number of para-hydroxylation sites is 1. The molecule has 0 radical (unpaired) electrons. The third kappa shape index (κ3) is 3.24. The van der Waals surface area contributed by atoms with Gasteiger partial charge in [0.05, 0.1) is 18.1 Å². The molecule has 0 bridgehead atoms. The van der Waals surface area contributed by atoms with Gasteiger partial charge in [-0.3, -0.25) is 4.79 Å². The molecule has 100 valence electrons. The molecule has 0 aliphatic carbocycles. The number of carbonyl (C=O) groups is 1. The molecule has 0 saturated heterocycles. The summed E-state index contributed by atoms with van der Waals surface area (Å²) in [5, 5.41) is 11.7. The lowest BCUT2D eigenvalue weighted by Crippen LogP contribution is -2.16. The van der Waals surface area contributed by atoms with Gasteiger partial charge in [-0.05, 0) is 42.7 Å². The van der Waals surface area contributed by atoms with E-state index < -0.39 is 0 Å². The second-order valence-electron chi connectivity index (χ2n) is 4.80. The fraction of sp³-hybridized carbons (Fsp3) is 0.176. The van der Waals surface area contributed by atoms with E-state index in [-0.39, 0.29) is 5.91 Å². The van der Waals surface area contributed by atoms with Crippen molar-refractivity contribution < 1.29 is 4.79 Å². The number of anilines is 1. The Balaban J connectivity index is 2.07. The standard InChI is InChI=1S/C17H16N2O/c1-12-4-3-5-13(2)17(12)19-16(20)10-14-6-8-15(11-18)9-7-14/h3-9H,10H2,1-2H3,(H,19,20). The number of benzene rings is 2. The van der Waals surface area contributed by atoms with Crippen molar-refractivity contribution in [3.05, 3.63) is 64.7 Å². The van der Waals surface area contributed by atoms with Crippen LogP contribution in [0.5, 0.6) is 0 Å². The Hall–Kier alpha value is -2.60. The lowest BCUT2D eigenvalue weighted by atomic mass is 10.1. The minimum atomic E-state index is -0.0490. The van der Waals surface area contributed by atoms with Crippen molar-refractivity contribution in [2.75, 3.05) is 5.32 Å². The van der Waals surface area contributed by atoms with Crippen LogP contribution in [0.2, 0.25) is 0 Å². The molecule has 0 saturated carbocycles. The van der Waals surface area contributed by atoms with E-state index in [9.17, 15) is 4.79 Å². The Labute approximate surface area is 118 Å². The van der Waals surface area contributed by atoms with Crippen molar-refractivity contribution in [3.63, 3.8) is 0 Å². The summed E-state index contributed by atoms with van der Waals surface area (Å²) in [6.07, 6.45) is 0.305. The molecule has 0 aliphatic heterocycles. The van der Waals surface area contributed by atoms with E-state index in [1.54, 1.807) is 12.1 Å². The van der Waals surface area contributed by atoms with E-state index in [2.05, 4.69) is 11.4 Å². The summed E-state index contributed by atoms with van der Waals surface area (Å²) in [7, 11) is 0. The van der Waals surface area contributed by atoms with Crippen molar-refractivity contribution in [2.24, 2.45) is 0 Å². The third-order valence-electron chi connectivity index (χ3n) is 3.19. The van der Waals surface area contributed by atoms with Gasteiger partial charge in [0.1, 0.15) is 0 Å². The minimum absolute atomic E-state index is 0.0490. The number of aryl methyl sites for hydroxylation is 2. The molecular weight excluding hydrogens is 248 g/mol. The quantitative estimate of drug-likeness (QED) is 0.924. The zero-order valence-corrected chi connectivity index (χ0v) is 11.6.